The zero-order valence-electron chi connectivity index (χ0n) is 18.6. The molecule has 34 heavy (non-hydrogen) atoms. The van der Waals surface area contributed by atoms with Crippen molar-refractivity contribution < 1.29 is 19.1 Å². The van der Waals surface area contributed by atoms with E-state index < -0.39 is 0 Å². The number of nitrogens with one attached hydrogen (secondary N) is 1. The fourth-order valence-corrected chi connectivity index (χ4v) is 4.03. The van der Waals surface area contributed by atoms with Gasteiger partial charge in [0.05, 0.1) is 7.11 Å². The van der Waals surface area contributed by atoms with Crippen LogP contribution in [0.5, 0.6) is 11.5 Å². The summed E-state index contributed by atoms with van der Waals surface area (Å²) in [6, 6.07) is 22.1. The van der Waals surface area contributed by atoms with E-state index >= 15 is 0 Å². The Morgan fingerprint density at radius 1 is 0.824 bits per heavy atom. The molecule has 0 unspecified atom stereocenters. The van der Waals surface area contributed by atoms with Crippen LogP contribution in [-0.2, 0) is 13.2 Å². The summed E-state index contributed by atoms with van der Waals surface area (Å²) in [5.74, 6) is 0.906. The summed E-state index contributed by atoms with van der Waals surface area (Å²) in [7, 11) is 1.58. The quantitative estimate of drug-likeness (QED) is 0.385. The third-order valence-electron chi connectivity index (χ3n) is 5.81. The van der Waals surface area contributed by atoms with Gasteiger partial charge in [0.2, 0.25) is 0 Å². The van der Waals surface area contributed by atoms with Crippen LogP contribution in [0.4, 0.5) is 0 Å². The minimum Gasteiger partial charge on any atom is -0.493 e. The highest BCUT2D eigenvalue weighted by Gasteiger charge is 2.27. The number of hydrogen-bond acceptors (Lipinski definition) is 5. The highest BCUT2D eigenvalue weighted by Crippen LogP contribution is 2.36. The van der Waals surface area contributed by atoms with Crippen molar-refractivity contribution in [2.24, 2.45) is 0 Å². The fourth-order valence-electron chi connectivity index (χ4n) is 4.03. The highest BCUT2D eigenvalue weighted by molar-refractivity contribution is 6.22. The first kappa shape index (κ1) is 21.4. The third kappa shape index (κ3) is 4.13. The Morgan fingerprint density at radius 3 is 2.38 bits per heavy atom. The lowest BCUT2D eigenvalue weighted by molar-refractivity contribution is 0.0951. The Morgan fingerprint density at radius 2 is 1.59 bits per heavy atom. The molecular formula is C28H22N2O4. The summed E-state index contributed by atoms with van der Waals surface area (Å²) >= 11 is 0. The van der Waals surface area contributed by atoms with Gasteiger partial charge in [-0.2, -0.15) is 0 Å². The monoisotopic (exact) mass is 450 g/mol. The molecule has 1 aliphatic carbocycles. The largest absolute Gasteiger partial charge is 0.493 e. The standard InChI is InChI=1S/C28H22N2O4/c1-33-26-14-19(6-9-25(26)34-17-18-10-12-29-13-11-18)16-30-28(32)20-7-8-22-21-4-2-3-5-23(21)27(31)24(22)15-20/h2-15H,16-17H2,1H3,(H,30,32). The van der Waals surface area contributed by atoms with Gasteiger partial charge in [-0.25, -0.2) is 0 Å². The minimum absolute atomic E-state index is 0.0488. The van der Waals surface area contributed by atoms with Crippen LogP contribution in [0.1, 0.15) is 37.4 Å². The van der Waals surface area contributed by atoms with Gasteiger partial charge in [0.15, 0.2) is 17.3 Å². The summed E-state index contributed by atoms with van der Waals surface area (Å²) < 4.78 is 11.3. The molecule has 0 spiro atoms. The van der Waals surface area contributed by atoms with Crippen molar-refractivity contribution in [3.63, 3.8) is 0 Å². The van der Waals surface area contributed by atoms with E-state index in [0.29, 0.717) is 41.3 Å². The second kappa shape index (κ2) is 9.19. The molecule has 0 saturated heterocycles. The number of carbonyl (C=O) groups is 2. The van der Waals surface area contributed by atoms with E-state index in [2.05, 4.69) is 10.3 Å². The Hall–Kier alpha value is -4.45. The number of carbonyl (C=O) groups excluding carboxylic acids is 2. The molecule has 1 heterocycles. The number of hydrogen-bond donors (Lipinski definition) is 1. The lowest BCUT2D eigenvalue weighted by Gasteiger charge is -2.13. The maximum absolute atomic E-state index is 12.8. The molecule has 3 aromatic carbocycles. The van der Waals surface area contributed by atoms with Crippen LogP contribution in [0.3, 0.4) is 0 Å². The number of amides is 1. The van der Waals surface area contributed by atoms with Crippen molar-refractivity contribution in [2.75, 3.05) is 7.11 Å². The van der Waals surface area contributed by atoms with Crippen molar-refractivity contribution in [1.29, 1.82) is 0 Å². The van der Waals surface area contributed by atoms with Crippen molar-refractivity contribution in [1.82, 2.24) is 10.3 Å². The van der Waals surface area contributed by atoms with Crippen molar-refractivity contribution in [3.8, 4) is 22.6 Å². The van der Waals surface area contributed by atoms with Crippen LogP contribution < -0.4 is 14.8 Å². The number of pyridine rings is 1. The van der Waals surface area contributed by atoms with Crippen molar-refractivity contribution in [2.45, 2.75) is 13.2 Å². The van der Waals surface area contributed by atoms with Gasteiger partial charge in [-0.1, -0.05) is 36.4 Å². The molecule has 0 saturated carbocycles. The third-order valence-corrected chi connectivity index (χ3v) is 5.81. The summed E-state index contributed by atoms with van der Waals surface area (Å²) in [5, 5.41) is 2.92. The average Bonchev–Trinajstić information content (AvgIpc) is 3.18. The van der Waals surface area contributed by atoms with E-state index in [1.54, 1.807) is 31.6 Å². The number of nitrogens with zero attached hydrogens (tertiary/aromatic N) is 1. The van der Waals surface area contributed by atoms with E-state index in [1.807, 2.05) is 60.7 Å². The molecule has 6 nitrogen and oxygen atoms in total. The number of methoxy groups -OCH3 is 1. The summed E-state index contributed by atoms with van der Waals surface area (Å²) in [6.45, 7) is 0.709. The SMILES string of the molecule is COc1cc(CNC(=O)c2ccc3c(c2)C(=O)c2ccccc2-3)ccc1OCc1ccncc1. The first-order valence-corrected chi connectivity index (χ1v) is 10.9. The molecule has 1 aromatic heterocycles. The zero-order chi connectivity index (χ0) is 23.5. The molecule has 0 bridgehead atoms. The van der Waals surface area contributed by atoms with Crippen LogP contribution >= 0.6 is 0 Å². The topological polar surface area (TPSA) is 77.5 Å². The molecule has 0 atom stereocenters. The number of fused-ring (bicyclic) bond motifs is 3. The number of benzene rings is 3. The van der Waals surface area contributed by atoms with E-state index in [-0.39, 0.29) is 11.7 Å². The first-order valence-electron chi connectivity index (χ1n) is 10.9. The maximum Gasteiger partial charge on any atom is 0.251 e. The van der Waals surface area contributed by atoms with Crippen LogP contribution in [0, 0.1) is 0 Å². The number of ether oxygens (including phenoxy) is 2. The molecular weight excluding hydrogens is 428 g/mol. The van der Waals surface area contributed by atoms with Crippen molar-refractivity contribution >= 4 is 11.7 Å². The molecule has 0 radical (unpaired) electrons. The number of aromatic nitrogens is 1. The molecule has 6 heteroatoms. The predicted molar refractivity (Wildman–Crippen MR) is 128 cm³/mol. The molecule has 1 amide bonds. The van der Waals surface area contributed by atoms with Crippen LogP contribution in [-0.4, -0.2) is 23.8 Å². The smallest absolute Gasteiger partial charge is 0.251 e. The summed E-state index contributed by atoms with van der Waals surface area (Å²) in [5.41, 5.74) is 5.33. The van der Waals surface area contributed by atoms with Crippen LogP contribution in [0.2, 0.25) is 0 Å². The van der Waals surface area contributed by atoms with Gasteiger partial charge in [-0.05, 0) is 58.7 Å². The Balaban J connectivity index is 1.25. The fraction of sp³-hybridized carbons (Fsp3) is 0.107. The highest BCUT2D eigenvalue weighted by atomic mass is 16.5. The molecule has 1 N–H and O–H groups in total. The second-order valence-corrected chi connectivity index (χ2v) is 7.95. The molecule has 5 rings (SSSR count). The molecule has 0 fully saturated rings. The van der Waals surface area contributed by atoms with Gasteiger partial charge in [0, 0.05) is 35.6 Å². The summed E-state index contributed by atoms with van der Waals surface area (Å²) in [4.78, 5) is 29.5. The van der Waals surface area contributed by atoms with E-state index in [9.17, 15) is 9.59 Å². The Kier molecular flexibility index (Phi) is 5.79. The molecule has 4 aromatic rings. The molecule has 168 valence electrons. The number of ketones is 1. The first-order chi connectivity index (χ1) is 16.6. The van der Waals surface area contributed by atoms with Gasteiger partial charge in [-0.15, -0.1) is 0 Å². The number of rotatable bonds is 7. The van der Waals surface area contributed by atoms with Gasteiger partial charge in [-0.3, -0.25) is 14.6 Å². The van der Waals surface area contributed by atoms with Gasteiger partial charge < -0.3 is 14.8 Å². The van der Waals surface area contributed by atoms with E-state index in [0.717, 1.165) is 22.3 Å². The summed E-state index contributed by atoms with van der Waals surface area (Å²) in [6.07, 6.45) is 3.44. The van der Waals surface area contributed by atoms with Crippen molar-refractivity contribution in [3.05, 3.63) is 113 Å². The average molecular weight is 450 g/mol. The van der Waals surface area contributed by atoms with Gasteiger partial charge in [0.1, 0.15) is 6.61 Å². The van der Waals surface area contributed by atoms with Crippen LogP contribution in [0.15, 0.2) is 85.2 Å². The van der Waals surface area contributed by atoms with Gasteiger partial charge >= 0.3 is 0 Å². The lowest BCUT2D eigenvalue weighted by atomic mass is 10.0. The van der Waals surface area contributed by atoms with E-state index in [1.165, 1.54) is 0 Å². The minimum atomic E-state index is -0.247. The Labute approximate surface area is 197 Å². The normalized spacial score (nSPS) is 11.5. The zero-order valence-corrected chi connectivity index (χ0v) is 18.6. The lowest BCUT2D eigenvalue weighted by Crippen LogP contribution is -2.23. The molecule has 0 aliphatic heterocycles. The van der Waals surface area contributed by atoms with Crippen LogP contribution in [0.25, 0.3) is 11.1 Å². The van der Waals surface area contributed by atoms with E-state index in [4.69, 9.17) is 9.47 Å². The second-order valence-electron chi connectivity index (χ2n) is 7.95. The predicted octanol–water partition coefficient (Wildman–Crippen LogP) is 4.81. The maximum atomic E-state index is 12.8. The van der Waals surface area contributed by atoms with Gasteiger partial charge in [0.25, 0.3) is 5.91 Å². The Bertz CT molecular complexity index is 1380. The molecule has 1 aliphatic rings.